The van der Waals surface area contributed by atoms with E-state index in [1.165, 1.54) is 180 Å². The average molecular weight is 478 g/mol. The minimum atomic E-state index is 0.948. The molecule has 0 heteroatoms. The van der Waals surface area contributed by atoms with Crippen LogP contribution >= 0.6 is 0 Å². The van der Waals surface area contributed by atoms with Crippen molar-refractivity contribution >= 4 is 0 Å². The summed E-state index contributed by atoms with van der Waals surface area (Å²) >= 11 is 0. The minimum Gasteiger partial charge on any atom is -0.0654 e. The van der Waals surface area contributed by atoms with Crippen molar-refractivity contribution in [3.05, 3.63) is 5.92 Å². The Bertz CT molecular complexity index is 346. The van der Waals surface area contributed by atoms with Gasteiger partial charge in [-0.05, 0) is 37.5 Å². The predicted molar refractivity (Wildman–Crippen MR) is 159 cm³/mol. The van der Waals surface area contributed by atoms with Gasteiger partial charge in [0.2, 0.25) is 0 Å². The van der Waals surface area contributed by atoms with Crippen LogP contribution in [0.4, 0.5) is 0 Å². The van der Waals surface area contributed by atoms with Crippen molar-refractivity contribution in [2.75, 3.05) is 0 Å². The fraction of sp³-hybridized carbons (Fsp3) is 0.971. The van der Waals surface area contributed by atoms with Crippen LogP contribution in [0.3, 0.4) is 0 Å². The largest absolute Gasteiger partial charge is 0.0654 e. The highest BCUT2D eigenvalue weighted by molar-refractivity contribution is 4.96. The fourth-order valence-corrected chi connectivity index (χ4v) is 5.69. The molecule has 1 atom stereocenters. The van der Waals surface area contributed by atoms with Crippen molar-refractivity contribution < 1.29 is 0 Å². The summed E-state index contributed by atoms with van der Waals surface area (Å²) in [7, 11) is 0. The van der Waals surface area contributed by atoms with Gasteiger partial charge in [0.25, 0.3) is 0 Å². The quantitative estimate of drug-likeness (QED) is 0.0939. The number of rotatable bonds is 29. The van der Waals surface area contributed by atoms with E-state index in [-0.39, 0.29) is 0 Å². The highest BCUT2D eigenvalue weighted by atomic mass is 14.3. The standard InChI is InChI=1S/C34H69/c1-5-9-13-17-20-24-28-32-34(31-27-23-19-15-11-7-3)33(29-25-21-16-12-8-4)30-26-22-18-14-10-6-2/h33H,5-32H2,1-4H3. The second-order valence-electron chi connectivity index (χ2n) is 11.5. The summed E-state index contributed by atoms with van der Waals surface area (Å²) in [6.45, 7) is 9.34. The van der Waals surface area contributed by atoms with E-state index >= 15 is 0 Å². The Balaban J connectivity index is 4.64. The number of hydrogen-bond acceptors (Lipinski definition) is 0. The first-order chi connectivity index (χ1) is 16.8. The van der Waals surface area contributed by atoms with Gasteiger partial charge in [-0.25, -0.2) is 0 Å². The van der Waals surface area contributed by atoms with Gasteiger partial charge >= 0.3 is 0 Å². The van der Waals surface area contributed by atoms with Crippen LogP contribution in [0.25, 0.3) is 0 Å². The molecule has 0 aromatic carbocycles. The van der Waals surface area contributed by atoms with Gasteiger partial charge in [-0.15, -0.1) is 0 Å². The maximum absolute atomic E-state index is 2.34. The van der Waals surface area contributed by atoms with Gasteiger partial charge in [0.05, 0.1) is 0 Å². The Morgan fingerprint density at radius 1 is 0.324 bits per heavy atom. The third kappa shape index (κ3) is 23.7. The molecule has 0 rings (SSSR count). The SMILES string of the molecule is CCCCCCCCC[C](CCCCCCCC)C(CCCCCCC)CCCCCCCC. The molecule has 205 valence electrons. The summed E-state index contributed by atoms with van der Waals surface area (Å²) in [6, 6.07) is 0. The molecule has 0 saturated carbocycles. The van der Waals surface area contributed by atoms with Crippen LogP contribution in [0.2, 0.25) is 0 Å². The predicted octanol–water partition coefficient (Wildman–Crippen LogP) is 13.2. The third-order valence-corrected chi connectivity index (χ3v) is 8.09. The van der Waals surface area contributed by atoms with Gasteiger partial charge < -0.3 is 0 Å². The Morgan fingerprint density at radius 2 is 0.588 bits per heavy atom. The topological polar surface area (TPSA) is 0 Å². The Labute approximate surface area is 219 Å². The molecule has 0 aromatic heterocycles. The van der Waals surface area contributed by atoms with Crippen LogP contribution in [-0.4, -0.2) is 0 Å². The molecule has 0 heterocycles. The molecule has 0 bridgehead atoms. The Kier molecular flexibility index (Phi) is 29.2. The van der Waals surface area contributed by atoms with E-state index in [1.807, 2.05) is 5.92 Å². The van der Waals surface area contributed by atoms with Crippen molar-refractivity contribution in [1.82, 2.24) is 0 Å². The molecule has 0 aliphatic rings. The van der Waals surface area contributed by atoms with Crippen LogP contribution in [0.15, 0.2) is 0 Å². The van der Waals surface area contributed by atoms with Crippen LogP contribution in [0, 0.1) is 11.8 Å². The van der Waals surface area contributed by atoms with E-state index in [4.69, 9.17) is 0 Å². The van der Waals surface area contributed by atoms with Gasteiger partial charge in [0, 0.05) is 0 Å². The zero-order chi connectivity index (χ0) is 25.0. The van der Waals surface area contributed by atoms with Gasteiger partial charge in [-0.1, -0.05) is 182 Å². The second kappa shape index (κ2) is 29.2. The van der Waals surface area contributed by atoms with Crippen molar-refractivity contribution in [2.45, 2.75) is 207 Å². The van der Waals surface area contributed by atoms with Gasteiger partial charge in [-0.3, -0.25) is 0 Å². The van der Waals surface area contributed by atoms with Crippen molar-refractivity contribution in [1.29, 1.82) is 0 Å². The molecule has 0 aliphatic heterocycles. The zero-order valence-corrected chi connectivity index (χ0v) is 24.9. The molecule has 0 nitrogen and oxygen atoms in total. The van der Waals surface area contributed by atoms with Gasteiger partial charge in [-0.2, -0.15) is 0 Å². The third-order valence-electron chi connectivity index (χ3n) is 8.09. The number of unbranched alkanes of at least 4 members (excludes halogenated alkanes) is 20. The maximum atomic E-state index is 2.34. The highest BCUT2D eigenvalue weighted by Crippen LogP contribution is 2.35. The normalized spacial score (nSPS) is 12.6. The molecule has 0 spiro atoms. The van der Waals surface area contributed by atoms with E-state index in [9.17, 15) is 0 Å². The lowest BCUT2D eigenvalue weighted by Gasteiger charge is -2.28. The molecule has 0 aliphatic carbocycles. The smallest absolute Gasteiger partial charge is 0.0210 e. The highest BCUT2D eigenvalue weighted by Gasteiger charge is 2.21. The number of hydrogen-bond donors (Lipinski definition) is 0. The first kappa shape index (κ1) is 34.0. The summed E-state index contributed by atoms with van der Waals surface area (Å²) in [5, 5.41) is 0. The monoisotopic (exact) mass is 478 g/mol. The minimum absolute atomic E-state index is 0.948. The molecular weight excluding hydrogens is 408 g/mol. The fourth-order valence-electron chi connectivity index (χ4n) is 5.69. The van der Waals surface area contributed by atoms with Crippen molar-refractivity contribution in [2.24, 2.45) is 5.92 Å². The summed E-state index contributed by atoms with van der Waals surface area (Å²) in [6.07, 6.45) is 40.7. The van der Waals surface area contributed by atoms with E-state index in [0.29, 0.717) is 0 Å². The second-order valence-corrected chi connectivity index (χ2v) is 11.5. The lowest BCUT2D eigenvalue weighted by Crippen LogP contribution is -2.14. The van der Waals surface area contributed by atoms with E-state index in [2.05, 4.69) is 27.7 Å². The molecule has 0 fully saturated rings. The van der Waals surface area contributed by atoms with E-state index in [0.717, 1.165) is 5.92 Å². The zero-order valence-electron chi connectivity index (χ0n) is 24.9. The summed E-state index contributed by atoms with van der Waals surface area (Å²) < 4.78 is 0. The van der Waals surface area contributed by atoms with E-state index < -0.39 is 0 Å². The molecule has 0 saturated heterocycles. The van der Waals surface area contributed by atoms with Crippen LogP contribution in [-0.2, 0) is 0 Å². The first-order valence-corrected chi connectivity index (χ1v) is 16.6. The molecule has 0 aromatic rings. The van der Waals surface area contributed by atoms with Crippen LogP contribution in [0.5, 0.6) is 0 Å². The molecule has 0 amide bonds. The summed E-state index contributed by atoms with van der Waals surface area (Å²) in [5.41, 5.74) is 0. The molecule has 0 N–H and O–H groups in total. The Hall–Kier alpha value is 0. The lowest BCUT2D eigenvalue weighted by atomic mass is 9.78. The maximum Gasteiger partial charge on any atom is -0.0210 e. The Morgan fingerprint density at radius 3 is 0.912 bits per heavy atom. The molecule has 1 unspecified atom stereocenters. The van der Waals surface area contributed by atoms with Crippen LogP contribution < -0.4 is 0 Å². The van der Waals surface area contributed by atoms with Gasteiger partial charge in [0.15, 0.2) is 0 Å². The first-order valence-electron chi connectivity index (χ1n) is 16.6. The van der Waals surface area contributed by atoms with Gasteiger partial charge in [0.1, 0.15) is 0 Å². The summed E-state index contributed by atoms with van der Waals surface area (Å²) in [4.78, 5) is 0. The lowest BCUT2D eigenvalue weighted by molar-refractivity contribution is 0.371. The van der Waals surface area contributed by atoms with Crippen molar-refractivity contribution in [3.63, 3.8) is 0 Å². The molecule has 1 radical (unpaired) electrons. The molecular formula is C34H69. The molecule has 34 heavy (non-hydrogen) atoms. The average Bonchev–Trinajstić information content (AvgIpc) is 2.85. The van der Waals surface area contributed by atoms with E-state index in [1.54, 1.807) is 0 Å². The summed E-state index contributed by atoms with van der Waals surface area (Å²) in [5.74, 6) is 2.96. The van der Waals surface area contributed by atoms with Crippen LogP contribution in [0.1, 0.15) is 207 Å². The van der Waals surface area contributed by atoms with Crippen molar-refractivity contribution in [3.8, 4) is 0 Å².